The van der Waals surface area contributed by atoms with E-state index in [1.165, 1.54) is 20.8 Å². The number of nitrogens with one attached hydrogen (secondary N) is 1. The van der Waals surface area contributed by atoms with Gasteiger partial charge in [-0.1, -0.05) is 0 Å². The minimum absolute atomic E-state index is 0.187. The molecule has 3 atom stereocenters. The summed E-state index contributed by atoms with van der Waals surface area (Å²) in [6.07, 6.45) is -8.24. The van der Waals surface area contributed by atoms with Crippen molar-refractivity contribution in [2.75, 3.05) is 6.67 Å². The third-order valence-corrected chi connectivity index (χ3v) is 5.44. The van der Waals surface area contributed by atoms with Crippen molar-refractivity contribution in [2.45, 2.75) is 49.8 Å². The quantitative estimate of drug-likeness (QED) is 0.512. The number of halogens is 6. The van der Waals surface area contributed by atoms with E-state index >= 15 is 0 Å². The molecule has 0 aliphatic heterocycles. The fourth-order valence-corrected chi connectivity index (χ4v) is 3.14. The number of pyridine rings is 1. The zero-order valence-electron chi connectivity index (χ0n) is 13.6. The zero-order chi connectivity index (χ0) is 19.6. The molecule has 1 rings (SSSR count). The fraction of sp³-hybridized carbons (Fsp3) is 0.643. The molecular formula is C14H18BrF5N2O2S. The van der Waals surface area contributed by atoms with Gasteiger partial charge in [0.1, 0.15) is 6.67 Å². The summed E-state index contributed by atoms with van der Waals surface area (Å²) in [6, 6.07) is 1.04. The van der Waals surface area contributed by atoms with Gasteiger partial charge in [0.2, 0.25) is 5.95 Å². The summed E-state index contributed by atoms with van der Waals surface area (Å²) in [4.78, 5) is 3.35. The molecule has 0 aliphatic rings. The highest BCUT2D eigenvalue weighted by Crippen LogP contribution is 2.36. The Morgan fingerprint density at radius 1 is 1.36 bits per heavy atom. The van der Waals surface area contributed by atoms with Crippen LogP contribution >= 0.6 is 15.9 Å². The first-order chi connectivity index (χ1) is 11.2. The summed E-state index contributed by atoms with van der Waals surface area (Å²) < 4.78 is 80.2. The Hall–Kier alpha value is -0.650. The number of aromatic nitrogens is 1. The number of aliphatic hydroxyl groups is 1. The van der Waals surface area contributed by atoms with Crippen LogP contribution in [-0.2, 0) is 16.5 Å². The molecule has 4 nitrogen and oxygen atoms in total. The molecule has 1 aromatic rings. The second-order valence-corrected chi connectivity index (χ2v) is 9.33. The molecule has 0 saturated heterocycles. The molecule has 1 unspecified atom stereocenters. The van der Waals surface area contributed by atoms with Gasteiger partial charge in [0, 0.05) is 22.7 Å². The van der Waals surface area contributed by atoms with Crippen molar-refractivity contribution in [1.82, 2.24) is 9.71 Å². The van der Waals surface area contributed by atoms with Crippen molar-refractivity contribution < 1.29 is 31.3 Å². The molecule has 144 valence electrons. The lowest BCUT2D eigenvalue weighted by atomic mass is 9.87. The standard InChI is InChI=1S/C14H18BrF5N2O2S/c1-12(2,3)25(24)22-13(7-16,5-10(23)14(18,19)20)9-4-8(15)6-21-11(9)17/h4,6,10,22-23H,5,7H2,1-3H3/t10-,13-,25?/m1/s1. The molecule has 0 aromatic carbocycles. The first kappa shape index (κ1) is 22.4. The van der Waals surface area contributed by atoms with Crippen LogP contribution in [-0.4, -0.2) is 38.0 Å². The lowest BCUT2D eigenvalue weighted by Crippen LogP contribution is -2.53. The maximum absolute atomic E-state index is 14.1. The number of hydrogen-bond donors (Lipinski definition) is 2. The zero-order valence-corrected chi connectivity index (χ0v) is 16.0. The molecule has 1 heterocycles. The molecule has 2 N–H and O–H groups in total. The Morgan fingerprint density at radius 3 is 2.36 bits per heavy atom. The van der Waals surface area contributed by atoms with Crippen LogP contribution in [0.4, 0.5) is 22.0 Å². The van der Waals surface area contributed by atoms with E-state index in [1.807, 2.05) is 0 Å². The Bertz CT molecular complexity index is 639. The van der Waals surface area contributed by atoms with Crippen LogP contribution in [0, 0.1) is 5.95 Å². The van der Waals surface area contributed by atoms with Gasteiger partial charge in [0.05, 0.1) is 21.3 Å². The van der Waals surface area contributed by atoms with Crippen molar-refractivity contribution >= 4 is 26.9 Å². The van der Waals surface area contributed by atoms with E-state index in [9.17, 15) is 31.3 Å². The third-order valence-electron chi connectivity index (χ3n) is 3.31. The van der Waals surface area contributed by atoms with Crippen molar-refractivity contribution in [3.05, 3.63) is 28.2 Å². The summed E-state index contributed by atoms with van der Waals surface area (Å²) >= 11 is 2.99. The van der Waals surface area contributed by atoms with Crippen LogP contribution in [0.2, 0.25) is 0 Å². The predicted molar refractivity (Wildman–Crippen MR) is 87.3 cm³/mol. The van der Waals surface area contributed by atoms with E-state index in [4.69, 9.17) is 0 Å². The number of aliphatic hydroxyl groups excluding tert-OH is 1. The average Bonchev–Trinajstić information content (AvgIpc) is 2.46. The van der Waals surface area contributed by atoms with Gasteiger partial charge in [-0.3, -0.25) is 0 Å². The normalized spacial score (nSPS) is 17.8. The molecular weight excluding hydrogens is 435 g/mol. The molecule has 11 heteroatoms. The molecule has 1 aromatic heterocycles. The summed E-state index contributed by atoms with van der Waals surface area (Å²) in [5.41, 5.74) is -2.95. The van der Waals surface area contributed by atoms with E-state index < -0.39 is 58.2 Å². The third kappa shape index (κ3) is 5.66. The monoisotopic (exact) mass is 452 g/mol. The predicted octanol–water partition coefficient (Wildman–Crippen LogP) is 3.51. The molecule has 0 radical (unpaired) electrons. The van der Waals surface area contributed by atoms with Crippen LogP contribution in [0.25, 0.3) is 0 Å². The summed E-state index contributed by atoms with van der Waals surface area (Å²) in [7, 11) is -2.04. The van der Waals surface area contributed by atoms with E-state index in [0.29, 0.717) is 0 Å². The maximum Gasteiger partial charge on any atom is 0.414 e. The Labute approximate surface area is 152 Å². The van der Waals surface area contributed by atoms with Crippen LogP contribution in [0.15, 0.2) is 16.7 Å². The number of rotatable bonds is 6. The molecule has 0 saturated carbocycles. The summed E-state index contributed by atoms with van der Waals surface area (Å²) in [5.74, 6) is -1.23. The van der Waals surface area contributed by atoms with Gasteiger partial charge >= 0.3 is 6.18 Å². The molecule has 0 fully saturated rings. The Balaban J connectivity index is 3.47. The molecule has 0 spiro atoms. The van der Waals surface area contributed by atoms with Gasteiger partial charge in [0.15, 0.2) is 6.10 Å². The Morgan fingerprint density at radius 2 is 1.92 bits per heavy atom. The molecule has 0 aliphatic carbocycles. The van der Waals surface area contributed by atoms with Gasteiger partial charge in [-0.25, -0.2) is 18.3 Å². The summed E-state index contributed by atoms with van der Waals surface area (Å²) in [6.45, 7) is 2.98. The van der Waals surface area contributed by atoms with Crippen molar-refractivity contribution in [2.24, 2.45) is 0 Å². The first-order valence-electron chi connectivity index (χ1n) is 7.05. The highest BCUT2D eigenvalue weighted by atomic mass is 79.9. The topological polar surface area (TPSA) is 62.2 Å². The summed E-state index contributed by atoms with van der Waals surface area (Å²) in [5, 5.41) is 9.40. The highest BCUT2D eigenvalue weighted by molar-refractivity contribution is 9.10. The second-order valence-electron chi connectivity index (χ2n) is 6.45. The van der Waals surface area contributed by atoms with E-state index in [1.54, 1.807) is 0 Å². The largest absolute Gasteiger partial charge is 0.414 e. The first-order valence-corrected chi connectivity index (χ1v) is 8.99. The van der Waals surface area contributed by atoms with Gasteiger partial charge in [-0.05, 0) is 42.8 Å². The highest BCUT2D eigenvalue weighted by Gasteiger charge is 2.48. The lowest BCUT2D eigenvalue weighted by Gasteiger charge is -2.36. The van der Waals surface area contributed by atoms with E-state index in [-0.39, 0.29) is 4.47 Å². The minimum Gasteiger partial charge on any atom is -0.384 e. The van der Waals surface area contributed by atoms with Crippen LogP contribution < -0.4 is 4.72 Å². The number of hydrogen-bond acceptors (Lipinski definition) is 3. The second kappa shape index (κ2) is 7.93. The SMILES string of the molecule is CC(C)(C)S(=O)N[C@@](CF)(C[C@@H](O)C(F)(F)F)c1cc(Br)cnc1F. The smallest absolute Gasteiger partial charge is 0.384 e. The Kier molecular flexibility index (Phi) is 7.10. The number of alkyl halides is 4. The molecule has 0 amide bonds. The molecule has 25 heavy (non-hydrogen) atoms. The fourth-order valence-electron chi connectivity index (χ4n) is 1.89. The van der Waals surface area contributed by atoms with Crippen molar-refractivity contribution in [3.63, 3.8) is 0 Å². The van der Waals surface area contributed by atoms with Gasteiger partial charge < -0.3 is 5.11 Å². The molecule has 0 bridgehead atoms. The average molecular weight is 453 g/mol. The van der Waals surface area contributed by atoms with Crippen molar-refractivity contribution in [1.29, 1.82) is 0 Å². The minimum atomic E-state index is -5.05. The number of nitrogens with zero attached hydrogens (tertiary/aromatic N) is 1. The van der Waals surface area contributed by atoms with Crippen LogP contribution in [0.3, 0.4) is 0 Å². The maximum atomic E-state index is 14.1. The van der Waals surface area contributed by atoms with Crippen LogP contribution in [0.1, 0.15) is 32.8 Å². The van der Waals surface area contributed by atoms with E-state index in [0.717, 1.165) is 12.3 Å². The van der Waals surface area contributed by atoms with Crippen LogP contribution in [0.5, 0.6) is 0 Å². The van der Waals surface area contributed by atoms with Crippen molar-refractivity contribution in [3.8, 4) is 0 Å². The van der Waals surface area contributed by atoms with Gasteiger partial charge in [-0.15, -0.1) is 0 Å². The van der Waals surface area contributed by atoms with E-state index in [2.05, 4.69) is 25.6 Å². The lowest BCUT2D eigenvalue weighted by molar-refractivity contribution is -0.210. The van der Waals surface area contributed by atoms with Gasteiger partial charge in [-0.2, -0.15) is 17.6 Å². The van der Waals surface area contributed by atoms with Gasteiger partial charge in [0.25, 0.3) is 0 Å².